The van der Waals surface area contributed by atoms with Gasteiger partial charge >= 0.3 is 0 Å². The standard InChI is InChI=1S/C22H35BrO3/c1-21-9-8-14-15(17(21)6-7-18(21)19(24)12-23)5-4-13-11-22(2,25)20(26-3)10-16(13)14/h13-18,20,25H,4-12H2,1-3H3/t13-,14-,15+,16?,17-,18+,20-,21-,22-/m0/s1. The van der Waals surface area contributed by atoms with E-state index >= 15 is 0 Å². The summed E-state index contributed by atoms with van der Waals surface area (Å²) in [6.45, 7) is 4.39. The number of Topliss-reactive ketones (excluding diaryl/α,β-unsaturated/α-hetero) is 1. The predicted octanol–water partition coefficient (Wildman–Crippen LogP) is 4.60. The number of halogens is 1. The van der Waals surface area contributed by atoms with Gasteiger partial charge < -0.3 is 9.84 Å². The topological polar surface area (TPSA) is 46.5 Å². The highest BCUT2D eigenvalue weighted by atomic mass is 79.9. The van der Waals surface area contributed by atoms with Crippen LogP contribution in [0.1, 0.15) is 65.2 Å². The Bertz CT molecular complexity index is 562. The van der Waals surface area contributed by atoms with Gasteiger partial charge in [-0.1, -0.05) is 22.9 Å². The molecule has 4 heteroatoms. The van der Waals surface area contributed by atoms with Crippen molar-refractivity contribution in [2.75, 3.05) is 12.4 Å². The van der Waals surface area contributed by atoms with Crippen molar-refractivity contribution in [3.63, 3.8) is 0 Å². The van der Waals surface area contributed by atoms with Crippen LogP contribution in [0.5, 0.6) is 0 Å². The number of carbonyl (C=O) groups is 1. The van der Waals surface area contributed by atoms with Gasteiger partial charge in [-0.15, -0.1) is 0 Å². The minimum atomic E-state index is -0.674. The fourth-order valence-electron chi connectivity index (χ4n) is 7.99. The lowest BCUT2D eigenvalue weighted by molar-refractivity contribution is -0.165. The van der Waals surface area contributed by atoms with Crippen molar-refractivity contribution in [3.05, 3.63) is 0 Å². The third-order valence-electron chi connectivity index (χ3n) is 9.18. The van der Waals surface area contributed by atoms with Crippen LogP contribution >= 0.6 is 15.9 Å². The summed E-state index contributed by atoms with van der Waals surface area (Å²) < 4.78 is 5.70. The van der Waals surface area contributed by atoms with Crippen molar-refractivity contribution in [1.29, 1.82) is 0 Å². The van der Waals surface area contributed by atoms with Crippen LogP contribution in [-0.4, -0.2) is 35.0 Å². The van der Waals surface area contributed by atoms with Gasteiger partial charge in [0.2, 0.25) is 0 Å². The molecule has 0 aromatic carbocycles. The molecule has 4 fully saturated rings. The minimum absolute atomic E-state index is 0.0258. The van der Waals surface area contributed by atoms with Gasteiger partial charge in [0.25, 0.3) is 0 Å². The Balaban J connectivity index is 1.56. The second kappa shape index (κ2) is 6.84. The van der Waals surface area contributed by atoms with E-state index in [2.05, 4.69) is 22.9 Å². The number of ketones is 1. The second-order valence-corrected chi connectivity index (χ2v) is 10.8. The molecule has 0 bridgehead atoms. The van der Waals surface area contributed by atoms with Crippen LogP contribution in [0.25, 0.3) is 0 Å². The Morgan fingerprint density at radius 1 is 1.12 bits per heavy atom. The number of fused-ring (bicyclic) bond motifs is 5. The molecule has 0 saturated heterocycles. The number of hydrogen-bond acceptors (Lipinski definition) is 3. The molecular formula is C22H35BrO3. The van der Waals surface area contributed by atoms with Crippen LogP contribution in [0, 0.1) is 40.9 Å². The van der Waals surface area contributed by atoms with Crippen LogP contribution in [0.4, 0.5) is 0 Å². The monoisotopic (exact) mass is 426 g/mol. The predicted molar refractivity (Wildman–Crippen MR) is 106 cm³/mol. The van der Waals surface area contributed by atoms with E-state index in [1.165, 1.54) is 32.1 Å². The van der Waals surface area contributed by atoms with E-state index in [4.69, 9.17) is 4.74 Å². The van der Waals surface area contributed by atoms with E-state index in [-0.39, 0.29) is 17.4 Å². The molecule has 4 aliphatic rings. The maximum atomic E-state index is 12.5. The van der Waals surface area contributed by atoms with E-state index in [9.17, 15) is 9.90 Å². The fourth-order valence-corrected chi connectivity index (χ4v) is 8.38. The van der Waals surface area contributed by atoms with Crippen molar-refractivity contribution < 1.29 is 14.6 Å². The minimum Gasteiger partial charge on any atom is -0.387 e. The largest absolute Gasteiger partial charge is 0.387 e. The van der Waals surface area contributed by atoms with Crippen LogP contribution < -0.4 is 0 Å². The molecule has 1 N–H and O–H groups in total. The molecule has 0 aliphatic heterocycles. The molecule has 4 saturated carbocycles. The van der Waals surface area contributed by atoms with E-state index in [0.717, 1.165) is 37.0 Å². The first-order valence-electron chi connectivity index (χ1n) is 10.7. The maximum absolute atomic E-state index is 12.5. The van der Waals surface area contributed by atoms with Crippen LogP contribution in [0.2, 0.25) is 0 Å². The van der Waals surface area contributed by atoms with Crippen LogP contribution in [-0.2, 0) is 9.53 Å². The first kappa shape index (κ1) is 19.4. The van der Waals surface area contributed by atoms with Crippen molar-refractivity contribution in [3.8, 4) is 0 Å². The summed E-state index contributed by atoms with van der Waals surface area (Å²) in [5.74, 6) is 4.33. The molecule has 3 nitrogen and oxygen atoms in total. The number of rotatable bonds is 3. The molecule has 0 radical (unpaired) electrons. The quantitative estimate of drug-likeness (QED) is 0.670. The first-order valence-corrected chi connectivity index (χ1v) is 11.8. The molecule has 26 heavy (non-hydrogen) atoms. The summed E-state index contributed by atoms with van der Waals surface area (Å²) in [6, 6.07) is 0. The Labute approximate surface area is 166 Å². The number of ether oxygens (including phenoxy) is 1. The number of alkyl halides is 1. The maximum Gasteiger partial charge on any atom is 0.147 e. The summed E-state index contributed by atoms with van der Waals surface area (Å²) in [4.78, 5) is 12.5. The number of aliphatic hydroxyl groups is 1. The molecule has 9 atom stereocenters. The Hall–Kier alpha value is 0.0700. The third-order valence-corrected chi connectivity index (χ3v) is 9.73. The summed E-state index contributed by atoms with van der Waals surface area (Å²) in [6.07, 6.45) is 9.25. The summed E-state index contributed by atoms with van der Waals surface area (Å²) in [5, 5.41) is 11.3. The normalized spacial score (nSPS) is 53.5. The zero-order valence-electron chi connectivity index (χ0n) is 16.5. The second-order valence-electron chi connectivity index (χ2n) is 10.2. The van der Waals surface area contributed by atoms with Crippen LogP contribution in [0.15, 0.2) is 0 Å². The van der Waals surface area contributed by atoms with E-state index < -0.39 is 5.60 Å². The van der Waals surface area contributed by atoms with Gasteiger partial charge in [-0.25, -0.2) is 0 Å². The van der Waals surface area contributed by atoms with Crippen molar-refractivity contribution in [1.82, 2.24) is 0 Å². The molecule has 4 rings (SSSR count). The smallest absolute Gasteiger partial charge is 0.147 e. The highest BCUT2D eigenvalue weighted by molar-refractivity contribution is 9.09. The molecule has 0 spiro atoms. The van der Waals surface area contributed by atoms with Gasteiger partial charge in [-0.05, 0) is 93.3 Å². The molecule has 0 amide bonds. The van der Waals surface area contributed by atoms with Gasteiger partial charge in [0.15, 0.2) is 0 Å². The zero-order valence-corrected chi connectivity index (χ0v) is 18.1. The molecule has 0 aromatic heterocycles. The fraction of sp³-hybridized carbons (Fsp3) is 0.955. The van der Waals surface area contributed by atoms with Gasteiger partial charge in [-0.2, -0.15) is 0 Å². The Kier molecular flexibility index (Phi) is 5.10. The number of methoxy groups -OCH3 is 1. The average molecular weight is 427 g/mol. The molecular weight excluding hydrogens is 392 g/mol. The van der Waals surface area contributed by atoms with Crippen molar-refractivity contribution in [2.24, 2.45) is 40.9 Å². The Morgan fingerprint density at radius 2 is 1.88 bits per heavy atom. The Morgan fingerprint density at radius 3 is 2.58 bits per heavy atom. The highest BCUT2D eigenvalue weighted by Crippen LogP contribution is 2.64. The number of hydrogen-bond donors (Lipinski definition) is 1. The molecule has 4 aliphatic carbocycles. The average Bonchev–Trinajstić information content (AvgIpc) is 2.96. The lowest BCUT2D eigenvalue weighted by Gasteiger charge is -2.57. The summed E-state index contributed by atoms with van der Waals surface area (Å²) >= 11 is 3.42. The number of carbonyl (C=O) groups excluding carboxylic acids is 1. The molecule has 1 unspecified atom stereocenters. The van der Waals surface area contributed by atoms with Crippen LogP contribution in [0.3, 0.4) is 0 Å². The zero-order chi connectivity index (χ0) is 18.7. The van der Waals surface area contributed by atoms with E-state index in [1.807, 2.05) is 6.92 Å². The molecule has 148 valence electrons. The highest BCUT2D eigenvalue weighted by Gasteiger charge is 2.59. The lowest BCUT2D eigenvalue weighted by Crippen LogP contribution is -2.55. The summed E-state index contributed by atoms with van der Waals surface area (Å²) in [7, 11) is 1.76. The van der Waals surface area contributed by atoms with Gasteiger partial charge in [0.05, 0.1) is 17.0 Å². The molecule has 0 heterocycles. The SMILES string of the molecule is CO[C@H]1CC2[C@@H](CC[C@@H]3[C@@H]2CC[C@]2(C)[C@@H](C(=O)CBr)CC[C@@H]32)C[C@]1(C)O. The van der Waals surface area contributed by atoms with Crippen molar-refractivity contribution >= 4 is 21.7 Å². The van der Waals surface area contributed by atoms with Gasteiger partial charge in [0, 0.05) is 13.0 Å². The van der Waals surface area contributed by atoms with E-state index in [0.29, 0.717) is 22.9 Å². The van der Waals surface area contributed by atoms with Gasteiger partial charge in [-0.3, -0.25) is 4.79 Å². The van der Waals surface area contributed by atoms with Gasteiger partial charge in [0.1, 0.15) is 5.78 Å². The summed E-state index contributed by atoms with van der Waals surface area (Å²) in [5.41, 5.74) is -0.452. The van der Waals surface area contributed by atoms with Crippen molar-refractivity contribution in [2.45, 2.75) is 76.9 Å². The third kappa shape index (κ3) is 2.85. The molecule has 0 aromatic rings. The lowest BCUT2D eigenvalue weighted by atomic mass is 9.48. The first-order chi connectivity index (χ1) is 12.3. The van der Waals surface area contributed by atoms with E-state index in [1.54, 1.807) is 7.11 Å².